The Balaban J connectivity index is 2.01. The van der Waals surface area contributed by atoms with Crippen molar-refractivity contribution in [1.82, 2.24) is 14.3 Å². The van der Waals surface area contributed by atoms with Crippen molar-refractivity contribution in [3.05, 3.63) is 34.6 Å². The smallest absolute Gasteiger partial charge is 0.279 e. The van der Waals surface area contributed by atoms with Crippen molar-refractivity contribution in [2.75, 3.05) is 26.7 Å². The molecule has 0 saturated carbocycles. The van der Waals surface area contributed by atoms with Crippen molar-refractivity contribution in [1.29, 1.82) is 0 Å². The first-order valence-electron chi connectivity index (χ1n) is 7.58. The van der Waals surface area contributed by atoms with Crippen molar-refractivity contribution in [3.63, 3.8) is 0 Å². The van der Waals surface area contributed by atoms with Gasteiger partial charge in [-0.2, -0.15) is 12.7 Å². The molecule has 0 spiro atoms. The van der Waals surface area contributed by atoms with E-state index in [1.54, 1.807) is 6.07 Å². The van der Waals surface area contributed by atoms with Crippen LogP contribution in [0, 0.1) is 11.2 Å². The summed E-state index contributed by atoms with van der Waals surface area (Å²) in [7, 11) is -2.29. The van der Waals surface area contributed by atoms with Crippen molar-refractivity contribution < 1.29 is 12.8 Å². The standard InChI is InChI=1S/C15H23ClFN3O2S/c1-15(7-4-8-18-10-15)11-19-23(21,22)20(2)9-12-13(16)5-3-6-14(12)17/h3,5-6,18-19H,4,7-11H2,1-2H3. The Labute approximate surface area is 142 Å². The third kappa shape index (κ3) is 4.87. The summed E-state index contributed by atoms with van der Waals surface area (Å²) < 4.78 is 42.2. The van der Waals surface area contributed by atoms with E-state index in [9.17, 15) is 12.8 Å². The maximum absolute atomic E-state index is 13.8. The second kappa shape index (κ2) is 7.44. The topological polar surface area (TPSA) is 61.4 Å². The lowest BCUT2D eigenvalue weighted by Crippen LogP contribution is -2.48. The molecular formula is C15H23ClFN3O2S. The van der Waals surface area contributed by atoms with Gasteiger partial charge in [0.15, 0.2) is 0 Å². The fraction of sp³-hybridized carbons (Fsp3) is 0.600. The largest absolute Gasteiger partial charge is 0.316 e. The molecular weight excluding hydrogens is 341 g/mol. The van der Waals surface area contributed by atoms with E-state index < -0.39 is 16.0 Å². The van der Waals surface area contributed by atoms with Crippen LogP contribution in [0.3, 0.4) is 0 Å². The van der Waals surface area contributed by atoms with Gasteiger partial charge < -0.3 is 5.32 Å². The van der Waals surface area contributed by atoms with Crippen molar-refractivity contribution in [2.24, 2.45) is 5.41 Å². The predicted octanol–water partition coefficient (Wildman–Crippen LogP) is 2.13. The van der Waals surface area contributed by atoms with Gasteiger partial charge in [0.05, 0.1) is 0 Å². The molecule has 5 nitrogen and oxygen atoms in total. The molecule has 2 N–H and O–H groups in total. The van der Waals surface area contributed by atoms with Gasteiger partial charge in [-0.25, -0.2) is 9.11 Å². The third-order valence-corrected chi connectivity index (χ3v) is 6.03. The van der Waals surface area contributed by atoms with Crippen LogP contribution in [0.5, 0.6) is 0 Å². The number of rotatable bonds is 6. The average Bonchev–Trinajstić information content (AvgIpc) is 2.50. The number of halogens is 2. The molecule has 0 amide bonds. The van der Waals surface area contributed by atoms with Crippen LogP contribution in [-0.4, -0.2) is 39.4 Å². The van der Waals surface area contributed by atoms with Crippen molar-refractivity contribution >= 4 is 21.8 Å². The minimum Gasteiger partial charge on any atom is -0.316 e. The van der Waals surface area contributed by atoms with E-state index in [0.29, 0.717) is 6.54 Å². The Hall–Kier alpha value is -0.730. The molecule has 1 aliphatic rings. The molecule has 0 aromatic heterocycles. The van der Waals surface area contributed by atoms with Crippen LogP contribution >= 0.6 is 11.6 Å². The number of benzene rings is 1. The van der Waals surface area contributed by atoms with E-state index in [2.05, 4.69) is 17.0 Å². The fourth-order valence-electron chi connectivity index (χ4n) is 2.64. The lowest BCUT2D eigenvalue weighted by Gasteiger charge is -2.34. The highest BCUT2D eigenvalue weighted by Crippen LogP contribution is 2.25. The second-order valence-electron chi connectivity index (χ2n) is 6.37. The van der Waals surface area contributed by atoms with Crippen LogP contribution in [0.15, 0.2) is 18.2 Å². The van der Waals surface area contributed by atoms with E-state index in [-0.39, 0.29) is 22.5 Å². The number of hydrogen-bond donors (Lipinski definition) is 2. The molecule has 130 valence electrons. The molecule has 1 atom stereocenters. The van der Waals surface area contributed by atoms with Crippen LogP contribution < -0.4 is 10.0 Å². The molecule has 1 aliphatic heterocycles. The van der Waals surface area contributed by atoms with Crippen molar-refractivity contribution in [3.8, 4) is 0 Å². The van der Waals surface area contributed by atoms with Crippen LogP contribution in [0.1, 0.15) is 25.3 Å². The summed E-state index contributed by atoms with van der Waals surface area (Å²) in [6.45, 7) is 4.02. The van der Waals surface area contributed by atoms with Gasteiger partial charge in [-0.1, -0.05) is 24.6 Å². The Morgan fingerprint density at radius 1 is 1.48 bits per heavy atom. The molecule has 0 aliphatic carbocycles. The highest BCUT2D eigenvalue weighted by Gasteiger charge is 2.29. The van der Waals surface area contributed by atoms with E-state index in [4.69, 9.17) is 11.6 Å². The van der Waals surface area contributed by atoms with Crippen LogP contribution in [-0.2, 0) is 16.8 Å². The molecule has 8 heteroatoms. The Kier molecular flexibility index (Phi) is 6.02. The van der Waals surface area contributed by atoms with Gasteiger partial charge in [0, 0.05) is 37.3 Å². The number of nitrogens with one attached hydrogen (secondary N) is 2. The molecule has 1 heterocycles. The Morgan fingerprint density at radius 2 is 2.22 bits per heavy atom. The highest BCUT2D eigenvalue weighted by atomic mass is 35.5. The average molecular weight is 364 g/mol. The zero-order valence-corrected chi connectivity index (χ0v) is 15.0. The summed E-state index contributed by atoms with van der Waals surface area (Å²) in [5.41, 5.74) is 0.0644. The lowest BCUT2D eigenvalue weighted by atomic mass is 9.83. The SMILES string of the molecule is CN(Cc1c(F)cccc1Cl)S(=O)(=O)NCC1(C)CCCNC1. The zero-order valence-electron chi connectivity index (χ0n) is 13.4. The van der Waals surface area contributed by atoms with Gasteiger partial charge in [0.25, 0.3) is 10.2 Å². The van der Waals surface area contributed by atoms with Crippen molar-refractivity contribution in [2.45, 2.75) is 26.3 Å². The summed E-state index contributed by atoms with van der Waals surface area (Å²) in [6.07, 6.45) is 1.99. The first-order valence-corrected chi connectivity index (χ1v) is 9.40. The number of piperidine rings is 1. The first kappa shape index (κ1) is 18.6. The number of nitrogens with zero attached hydrogens (tertiary/aromatic N) is 1. The second-order valence-corrected chi connectivity index (χ2v) is 8.64. The van der Waals surface area contributed by atoms with Gasteiger partial charge in [0.2, 0.25) is 0 Å². The van der Waals surface area contributed by atoms with Crippen LogP contribution in [0.4, 0.5) is 4.39 Å². The highest BCUT2D eigenvalue weighted by molar-refractivity contribution is 7.87. The van der Waals surface area contributed by atoms with E-state index in [0.717, 1.165) is 30.2 Å². The molecule has 0 radical (unpaired) electrons. The van der Waals surface area contributed by atoms with Gasteiger partial charge in [0.1, 0.15) is 5.82 Å². The molecule has 1 aromatic carbocycles. The minimum atomic E-state index is -3.70. The maximum Gasteiger partial charge on any atom is 0.279 e. The summed E-state index contributed by atoms with van der Waals surface area (Å²) in [6, 6.07) is 4.30. The third-order valence-electron chi connectivity index (χ3n) is 4.22. The van der Waals surface area contributed by atoms with Gasteiger partial charge in [-0.15, -0.1) is 0 Å². The monoisotopic (exact) mass is 363 g/mol. The summed E-state index contributed by atoms with van der Waals surface area (Å²) in [4.78, 5) is 0. The first-order chi connectivity index (χ1) is 10.7. The minimum absolute atomic E-state index is 0.109. The molecule has 0 bridgehead atoms. The van der Waals surface area contributed by atoms with Gasteiger partial charge in [-0.3, -0.25) is 0 Å². The number of hydrogen-bond acceptors (Lipinski definition) is 3. The van der Waals surface area contributed by atoms with Gasteiger partial charge in [-0.05, 0) is 36.9 Å². The zero-order chi connectivity index (χ0) is 17.1. The molecule has 1 fully saturated rings. The Bertz CT molecular complexity index is 628. The van der Waals surface area contributed by atoms with E-state index in [1.807, 2.05) is 0 Å². The van der Waals surface area contributed by atoms with E-state index in [1.165, 1.54) is 19.2 Å². The maximum atomic E-state index is 13.8. The molecule has 2 rings (SSSR count). The van der Waals surface area contributed by atoms with Gasteiger partial charge >= 0.3 is 0 Å². The summed E-state index contributed by atoms with van der Waals surface area (Å²) >= 11 is 5.95. The van der Waals surface area contributed by atoms with E-state index >= 15 is 0 Å². The van der Waals surface area contributed by atoms with Crippen LogP contribution in [0.2, 0.25) is 5.02 Å². The summed E-state index contributed by atoms with van der Waals surface area (Å²) in [5, 5.41) is 3.50. The summed E-state index contributed by atoms with van der Waals surface area (Å²) in [5.74, 6) is -0.511. The molecule has 23 heavy (non-hydrogen) atoms. The quantitative estimate of drug-likeness (QED) is 0.814. The molecule has 1 saturated heterocycles. The van der Waals surface area contributed by atoms with Crippen LogP contribution in [0.25, 0.3) is 0 Å². The Morgan fingerprint density at radius 3 is 2.83 bits per heavy atom. The fourth-order valence-corrected chi connectivity index (χ4v) is 3.91. The molecule has 1 aromatic rings. The lowest BCUT2D eigenvalue weighted by molar-refractivity contribution is 0.237. The predicted molar refractivity (Wildman–Crippen MR) is 90.0 cm³/mol. The normalized spacial score (nSPS) is 22.5. The molecule has 1 unspecified atom stereocenters.